The molecule has 0 heterocycles. The summed E-state index contributed by atoms with van der Waals surface area (Å²) in [5, 5.41) is 0.830. The third-order valence-electron chi connectivity index (χ3n) is 7.56. The van der Waals surface area contributed by atoms with E-state index < -0.39 is 34.8 Å². The Morgan fingerprint density at radius 3 is 2.12 bits per heavy atom. The quantitative estimate of drug-likeness (QED) is 0.162. The van der Waals surface area contributed by atoms with Crippen molar-refractivity contribution in [3.05, 3.63) is 65.0 Å². The topological polar surface area (TPSA) is 18.5 Å². The maximum atomic E-state index is 14.1. The number of halogens is 5. The van der Waals surface area contributed by atoms with Crippen LogP contribution in [0.25, 0.3) is 0 Å². The van der Waals surface area contributed by atoms with Crippen molar-refractivity contribution in [1.29, 1.82) is 0 Å². The Labute approximate surface area is 197 Å². The fourth-order valence-electron chi connectivity index (χ4n) is 5.38. The molecule has 8 heteroatoms. The van der Waals surface area contributed by atoms with Crippen molar-refractivity contribution in [2.75, 3.05) is 13.7 Å². The Hall–Kier alpha value is -1.63. The average molecular weight is 533 g/mol. The fourth-order valence-corrected chi connectivity index (χ4v) is 8.81. The van der Waals surface area contributed by atoms with Crippen molar-refractivity contribution in [2.45, 2.75) is 42.9 Å². The minimum atomic E-state index is -2.18. The molecule has 2 aromatic rings. The zero-order chi connectivity index (χ0) is 23.9. The van der Waals surface area contributed by atoms with Crippen LogP contribution in [0.5, 0.6) is 5.75 Å². The molecule has 0 aromatic heterocycles. The second-order valence-corrected chi connectivity index (χ2v) is 12.1. The van der Waals surface area contributed by atoms with Gasteiger partial charge in [-0.2, -0.15) is 0 Å². The molecule has 5 atom stereocenters. The summed E-state index contributed by atoms with van der Waals surface area (Å²) >= 11 is 0.147. The molecule has 0 amide bonds. The van der Waals surface area contributed by atoms with Crippen LogP contribution < -0.4 is 4.74 Å². The summed E-state index contributed by atoms with van der Waals surface area (Å²) in [5.41, 5.74) is 1.16. The molecule has 3 aliphatic carbocycles. The van der Waals surface area contributed by atoms with E-state index in [2.05, 4.69) is 13.8 Å². The second kappa shape index (κ2) is 9.55. The summed E-state index contributed by atoms with van der Waals surface area (Å²) in [6.45, 7) is 4.29. The van der Waals surface area contributed by atoms with Gasteiger partial charge in [0, 0.05) is 0 Å². The van der Waals surface area contributed by atoms with E-state index in [1.54, 1.807) is 7.11 Å². The van der Waals surface area contributed by atoms with Gasteiger partial charge in [-0.05, 0) is 0 Å². The molecule has 0 N–H and O–H groups in total. The molecule has 5 rings (SSSR count). The van der Waals surface area contributed by atoms with E-state index in [0.29, 0.717) is 5.92 Å². The van der Waals surface area contributed by atoms with E-state index in [1.165, 1.54) is 0 Å². The van der Waals surface area contributed by atoms with E-state index in [9.17, 15) is 22.0 Å². The van der Waals surface area contributed by atoms with E-state index in [0.717, 1.165) is 23.7 Å². The normalized spacial score (nSPS) is 26.5. The third kappa shape index (κ3) is 4.42. The monoisotopic (exact) mass is 534 g/mol. The van der Waals surface area contributed by atoms with E-state index in [-0.39, 0.29) is 49.7 Å². The van der Waals surface area contributed by atoms with Gasteiger partial charge < -0.3 is 0 Å². The van der Waals surface area contributed by atoms with Gasteiger partial charge in [-0.25, -0.2) is 0 Å². The molecule has 0 aliphatic heterocycles. The molecule has 0 saturated heterocycles. The zero-order valence-corrected chi connectivity index (χ0v) is 20.4. The molecule has 2 aromatic carbocycles. The van der Waals surface area contributed by atoms with Gasteiger partial charge in [-0.3, -0.25) is 0 Å². The summed E-state index contributed by atoms with van der Waals surface area (Å²) in [5.74, 6) is -10.3. The number of hydrogen-bond acceptors (Lipinski definition) is 2. The van der Waals surface area contributed by atoms with Gasteiger partial charge in [0.2, 0.25) is 0 Å². The van der Waals surface area contributed by atoms with E-state index >= 15 is 0 Å². The van der Waals surface area contributed by atoms with Crippen molar-refractivity contribution >= 4 is 15.0 Å². The molecular formula is C25H27F5O2Se. The second-order valence-electron chi connectivity index (χ2n) is 9.48. The Kier molecular flexibility index (Phi) is 7.09. The number of methoxy groups -OCH3 is 1. The Morgan fingerprint density at radius 1 is 0.939 bits per heavy atom. The van der Waals surface area contributed by atoms with Crippen LogP contribution in [-0.2, 0) is 4.74 Å². The first-order valence-electron chi connectivity index (χ1n) is 11.0. The molecule has 2 bridgehead atoms. The number of benzene rings is 2. The van der Waals surface area contributed by atoms with Crippen LogP contribution in [0.1, 0.15) is 38.4 Å². The van der Waals surface area contributed by atoms with Crippen LogP contribution >= 0.6 is 0 Å². The van der Waals surface area contributed by atoms with Crippen LogP contribution in [0.2, 0.25) is 10.1 Å². The molecular weight excluding hydrogens is 506 g/mol. The summed E-state index contributed by atoms with van der Waals surface area (Å²) in [7, 11) is 1.68. The predicted molar refractivity (Wildman–Crippen MR) is 116 cm³/mol. The van der Waals surface area contributed by atoms with Crippen molar-refractivity contribution in [3.63, 3.8) is 0 Å². The number of fused-ring (bicyclic) bond motifs is 2. The summed E-state index contributed by atoms with van der Waals surface area (Å²) in [6.07, 6.45) is 1.92. The van der Waals surface area contributed by atoms with E-state index in [1.807, 2.05) is 30.3 Å². The Balaban J connectivity index is 1.51. The van der Waals surface area contributed by atoms with Crippen molar-refractivity contribution in [1.82, 2.24) is 0 Å². The molecule has 3 saturated carbocycles. The summed E-state index contributed by atoms with van der Waals surface area (Å²) in [6, 6.07) is 9.93. The van der Waals surface area contributed by atoms with Crippen LogP contribution in [-0.4, -0.2) is 28.7 Å². The standard InChI is InChI=1S/C25H27F5O2Se/c1-25(2)14-9-16(25)15(11-32-24-22(29)20(27)19(26)21(28)23(24)30)18(10-14)33-12-17(31-3)13-7-5-4-6-8-13/h4-8,14-18H,9-12H2,1-3H3/t14-,15+,16+,17?,18+/m1/s1. The SMILES string of the molecule is COC(C[Se][C@H]1C[C@H]2C[C@@H]([C@@H]1COc1c(F)c(F)c(F)c(F)c1F)C2(C)C)c1ccccc1. The van der Waals surface area contributed by atoms with Crippen molar-refractivity contribution < 1.29 is 31.4 Å². The molecule has 180 valence electrons. The average Bonchev–Trinajstić information content (AvgIpc) is 2.82. The van der Waals surface area contributed by atoms with Crippen molar-refractivity contribution in [2.24, 2.45) is 23.2 Å². The molecule has 0 radical (unpaired) electrons. The zero-order valence-electron chi connectivity index (χ0n) is 18.7. The van der Waals surface area contributed by atoms with Gasteiger partial charge in [-0.15, -0.1) is 0 Å². The Bertz CT molecular complexity index is 971. The van der Waals surface area contributed by atoms with Crippen molar-refractivity contribution in [3.8, 4) is 5.75 Å². The number of hydrogen-bond donors (Lipinski definition) is 0. The maximum absolute atomic E-state index is 14.1. The van der Waals surface area contributed by atoms with Crippen LogP contribution in [0.15, 0.2) is 30.3 Å². The van der Waals surface area contributed by atoms with E-state index in [4.69, 9.17) is 9.47 Å². The number of rotatable bonds is 8. The Morgan fingerprint density at radius 2 is 1.55 bits per heavy atom. The van der Waals surface area contributed by atoms with Gasteiger partial charge in [-0.1, -0.05) is 0 Å². The van der Waals surface area contributed by atoms with Gasteiger partial charge in [0.15, 0.2) is 0 Å². The molecule has 33 heavy (non-hydrogen) atoms. The van der Waals surface area contributed by atoms with Gasteiger partial charge in [0.1, 0.15) is 0 Å². The van der Waals surface area contributed by atoms with Gasteiger partial charge in [0.25, 0.3) is 0 Å². The van der Waals surface area contributed by atoms with Gasteiger partial charge >= 0.3 is 197 Å². The minimum absolute atomic E-state index is 0.0201. The number of ether oxygens (including phenoxy) is 2. The third-order valence-corrected chi connectivity index (χ3v) is 10.6. The van der Waals surface area contributed by atoms with Crippen LogP contribution in [0.3, 0.4) is 0 Å². The predicted octanol–water partition coefficient (Wildman–Crippen LogP) is 6.74. The van der Waals surface area contributed by atoms with Gasteiger partial charge in [0.05, 0.1) is 0 Å². The first kappa shape index (κ1) is 24.5. The summed E-state index contributed by atoms with van der Waals surface area (Å²) < 4.78 is 79.9. The molecule has 3 fully saturated rings. The van der Waals surface area contributed by atoms with Crippen LogP contribution in [0, 0.1) is 52.3 Å². The summed E-state index contributed by atoms with van der Waals surface area (Å²) in [4.78, 5) is 0.275. The molecule has 2 nitrogen and oxygen atoms in total. The first-order valence-corrected chi connectivity index (χ1v) is 13.2. The molecule has 0 spiro atoms. The first-order chi connectivity index (χ1) is 15.7. The van der Waals surface area contributed by atoms with Crippen LogP contribution in [0.4, 0.5) is 22.0 Å². The molecule has 1 unspecified atom stereocenters. The molecule has 3 aliphatic rings. The fraction of sp³-hybridized carbons (Fsp3) is 0.520.